The zero-order valence-corrected chi connectivity index (χ0v) is 12.2. The van der Waals surface area contributed by atoms with Crippen molar-refractivity contribution < 1.29 is 13.6 Å². The van der Waals surface area contributed by atoms with Gasteiger partial charge in [0.05, 0.1) is 11.6 Å². The second-order valence-corrected chi connectivity index (χ2v) is 5.44. The average Bonchev–Trinajstić information content (AvgIpc) is 2.58. The highest BCUT2D eigenvalue weighted by Gasteiger charge is 2.23. The van der Waals surface area contributed by atoms with Crippen LogP contribution >= 0.6 is 38.9 Å². The quantitative estimate of drug-likeness (QED) is 0.742. The number of hydrogen-bond donors (Lipinski definition) is 0. The van der Waals surface area contributed by atoms with Gasteiger partial charge in [-0.15, -0.1) is 11.3 Å². The number of hydrogen-bond acceptors (Lipinski definition) is 2. The maximum Gasteiger partial charge on any atom is 0.265 e. The van der Waals surface area contributed by atoms with Crippen molar-refractivity contribution in [3.8, 4) is 0 Å². The van der Waals surface area contributed by atoms with Gasteiger partial charge in [-0.25, -0.2) is 8.78 Å². The third kappa shape index (κ3) is 3.89. The van der Waals surface area contributed by atoms with Gasteiger partial charge in [0.1, 0.15) is 4.88 Å². The second-order valence-electron chi connectivity index (χ2n) is 3.39. The molecule has 0 bridgehead atoms. The van der Waals surface area contributed by atoms with Crippen molar-refractivity contribution in [2.45, 2.75) is 13.3 Å². The van der Waals surface area contributed by atoms with Crippen LogP contribution in [0.3, 0.4) is 0 Å². The van der Waals surface area contributed by atoms with Crippen molar-refractivity contribution in [1.29, 1.82) is 0 Å². The summed E-state index contributed by atoms with van der Waals surface area (Å²) in [4.78, 5) is 13.4. The van der Waals surface area contributed by atoms with Gasteiger partial charge < -0.3 is 4.90 Å². The minimum atomic E-state index is -2.54. The molecule has 1 heterocycles. The fraction of sp³-hybridized carbons (Fsp3) is 0.500. The van der Waals surface area contributed by atoms with Gasteiger partial charge in [0.15, 0.2) is 0 Å². The molecule has 0 aliphatic carbocycles. The van der Waals surface area contributed by atoms with Crippen LogP contribution in [0.2, 0.25) is 5.02 Å². The van der Waals surface area contributed by atoms with E-state index in [2.05, 4.69) is 15.9 Å². The molecular weight excluding hydrogens is 336 g/mol. The van der Waals surface area contributed by atoms with E-state index in [1.807, 2.05) is 0 Å². The summed E-state index contributed by atoms with van der Waals surface area (Å²) in [5.41, 5.74) is 0.788. The Labute approximate surface area is 116 Å². The maximum absolute atomic E-state index is 12.4. The Morgan fingerprint density at radius 2 is 2.29 bits per heavy atom. The van der Waals surface area contributed by atoms with Crippen LogP contribution in [0, 0.1) is 6.92 Å². The first-order chi connectivity index (χ1) is 7.97. The number of rotatable bonds is 5. The molecule has 0 aromatic carbocycles. The normalized spacial score (nSPS) is 10.9. The molecule has 0 unspecified atom stereocenters. The molecule has 0 saturated heterocycles. The first kappa shape index (κ1) is 14.9. The molecule has 2 nitrogen and oxygen atoms in total. The summed E-state index contributed by atoms with van der Waals surface area (Å²) < 4.78 is 24.7. The summed E-state index contributed by atoms with van der Waals surface area (Å²) in [5.74, 6) is -0.437. The SMILES string of the molecule is Cc1csc(C(=O)N(CCBr)CC(F)F)c1Cl. The molecule has 96 valence electrons. The van der Waals surface area contributed by atoms with Crippen LogP contribution in [0.15, 0.2) is 5.38 Å². The molecule has 1 rings (SSSR count). The van der Waals surface area contributed by atoms with Crippen molar-refractivity contribution >= 4 is 44.8 Å². The highest BCUT2D eigenvalue weighted by molar-refractivity contribution is 9.09. The largest absolute Gasteiger partial charge is 0.331 e. The number of carbonyl (C=O) groups excluding carboxylic acids is 1. The van der Waals surface area contributed by atoms with Gasteiger partial charge in [-0.3, -0.25) is 4.79 Å². The number of aryl methyl sites for hydroxylation is 1. The monoisotopic (exact) mass is 345 g/mol. The number of thiophene rings is 1. The van der Waals surface area contributed by atoms with E-state index in [-0.39, 0.29) is 6.54 Å². The van der Waals surface area contributed by atoms with E-state index in [0.717, 1.165) is 10.5 Å². The lowest BCUT2D eigenvalue weighted by Crippen LogP contribution is -2.36. The predicted octanol–water partition coefficient (Wildman–Crippen LogP) is 3.81. The maximum atomic E-state index is 12.4. The highest BCUT2D eigenvalue weighted by atomic mass is 79.9. The van der Waals surface area contributed by atoms with Gasteiger partial charge in [-0.1, -0.05) is 27.5 Å². The van der Waals surface area contributed by atoms with E-state index in [1.54, 1.807) is 12.3 Å². The number of alkyl halides is 3. The zero-order chi connectivity index (χ0) is 13.0. The smallest absolute Gasteiger partial charge is 0.265 e. The summed E-state index contributed by atoms with van der Waals surface area (Å²) >= 11 is 10.3. The van der Waals surface area contributed by atoms with Gasteiger partial charge in [0.2, 0.25) is 0 Å². The molecule has 0 aliphatic heterocycles. The van der Waals surface area contributed by atoms with Crippen LogP contribution < -0.4 is 0 Å². The first-order valence-electron chi connectivity index (χ1n) is 4.84. The Hall–Kier alpha value is -0.200. The van der Waals surface area contributed by atoms with E-state index in [0.29, 0.717) is 15.2 Å². The fourth-order valence-corrected chi connectivity index (χ4v) is 2.93. The molecule has 1 aromatic rings. The molecule has 0 aliphatic rings. The second kappa shape index (κ2) is 6.66. The molecule has 1 aromatic heterocycles. The average molecular weight is 347 g/mol. The summed E-state index contributed by atoms with van der Waals surface area (Å²) in [6.07, 6.45) is -2.54. The zero-order valence-electron chi connectivity index (χ0n) is 9.05. The molecule has 1 amide bonds. The predicted molar refractivity (Wildman–Crippen MR) is 69.8 cm³/mol. The van der Waals surface area contributed by atoms with E-state index in [4.69, 9.17) is 11.6 Å². The Morgan fingerprint density at radius 1 is 1.65 bits per heavy atom. The highest BCUT2D eigenvalue weighted by Crippen LogP contribution is 2.28. The Bertz CT molecular complexity index is 400. The van der Waals surface area contributed by atoms with E-state index >= 15 is 0 Å². The van der Waals surface area contributed by atoms with Crippen LogP contribution in [-0.4, -0.2) is 35.7 Å². The lowest BCUT2D eigenvalue weighted by atomic mass is 10.3. The van der Waals surface area contributed by atoms with Crippen molar-refractivity contribution in [2.75, 3.05) is 18.4 Å². The molecule has 17 heavy (non-hydrogen) atoms. The molecule has 0 saturated carbocycles. The standard InChI is InChI=1S/C10H11BrClF2NOS/c1-6-5-17-9(8(6)12)10(16)15(3-2-11)4-7(13)14/h5,7H,2-4H2,1H3. The minimum absolute atomic E-state index is 0.233. The molecule has 0 N–H and O–H groups in total. The number of amides is 1. The van der Waals surface area contributed by atoms with Crippen LogP contribution in [-0.2, 0) is 0 Å². The topological polar surface area (TPSA) is 20.3 Å². The Kier molecular flexibility index (Phi) is 5.82. The van der Waals surface area contributed by atoms with Gasteiger partial charge in [-0.2, -0.15) is 0 Å². The minimum Gasteiger partial charge on any atom is -0.331 e. The van der Waals surface area contributed by atoms with Gasteiger partial charge in [-0.05, 0) is 17.9 Å². The number of carbonyl (C=O) groups is 1. The van der Waals surface area contributed by atoms with Gasteiger partial charge in [0, 0.05) is 11.9 Å². The van der Waals surface area contributed by atoms with Crippen LogP contribution in [0.5, 0.6) is 0 Å². The van der Waals surface area contributed by atoms with Crippen LogP contribution in [0.1, 0.15) is 15.2 Å². The molecule has 0 fully saturated rings. The fourth-order valence-electron chi connectivity index (χ4n) is 1.26. The molecule has 7 heteroatoms. The Morgan fingerprint density at radius 3 is 2.71 bits per heavy atom. The number of halogens is 4. The first-order valence-corrected chi connectivity index (χ1v) is 7.22. The lowest BCUT2D eigenvalue weighted by Gasteiger charge is -2.20. The van der Waals surface area contributed by atoms with Gasteiger partial charge in [0.25, 0.3) is 12.3 Å². The van der Waals surface area contributed by atoms with Gasteiger partial charge >= 0.3 is 0 Å². The molecule has 0 spiro atoms. The number of nitrogens with zero attached hydrogens (tertiary/aromatic N) is 1. The Balaban J connectivity index is 2.87. The van der Waals surface area contributed by atoms with Crippen LogP contribution in [0.25, 0.3) is 0 Å². The lowest BCUT2D eigenvalue weighted by molar-refractivity contribution is 0.0577. The van der Waals surface area contributed by atoms with E-state index in [1.165, 1.54) is 11.3 Å². The van der Waals surface area contributed by atoms with Crippen molar-refractivity contribution in [2.24, 2.45) is 0 Å². The van der Waals surface area contributed by atoms with E-state index < -0.39 is 18.9 Å². The summed E-state index contributed by atoms with van der Waals surface area (Å²) in [7, 11) is 0. The van der Waals surface area contributed by atoms with E-state index in [9.17, 15) is 13.6 Å². The summed E-state index contributed by atoms with van der Waals surface area (Å²) in [6, 6.07) is 0. The van der Waals surface area contributed by atoms with Crippen LogP contribution in [0.4, 0.5) is 8.78 Å². The molecule has 0 atom stereocenters. The van der Waals surface area contributed by atoms with Crippen molar-refractivity contribution in [1.82, 2.24) is 4.90 Å². The summed E-state index contributed by atoms with van der Waals surface area (Å²) in [5, 5.41) is 2.55. The molecular formula is C10H11BrClF2NOS. The third-order valence-corrected chi connectivity index (χ3v) is 4.13. The van der Waals surface area contributed by atoms with Crippen molar-refractivity contribution in [3.63, 3.8) is 0 Å². The third-order valence-electron chi connectivity index (χ3n) is 2.09. The molecule has 0 radical (unpaired) electrons. The van der Waals surface area contributed by atoms with Crippen molar-refractivity contribution in [3.05, 3.63) is 20.8 Å². The summed E-state index contributed by atoms with van der Waals surface area (Å²) in [6.45, 7) is 1.44.